The van der Waals surface area contributed by atoms with E-state index in [1.807, 2.05) is 19.1 Å². The molecule has 0 bridgehead atoms. The average molecular weight is 486 g/mol. The molecule has 1 aliphatic heterocycles. The molecule has 1 amide bonds. The van der Waals surface area contributed by atoms with Crippen molar-refractivity contribution in [1.82, 2.24) is 14.8 Å². The predicted octanol–water partition coefficient (Wildman–Crippen LogP) is 4.93. The molecule has 2 N–H and O–H groups in total. The van der Waals surface area contributed by atoms with Gasteiger partial charge in [-0.25, -0.2) is 9.07 Å². The monoisotopic (exact) mass is 485 g/mol. The number of rotatable bonds is 7. The van der Waals surface area contributed by atoms with E-state index in [0.29, 0.717) is 40.0 Å². The second-order valence-electron chi connectivity index (χ2n) is 8.23. The number of nitrogens with zero attached hydrogens (tertiary/aromatic N) is 3. The van der Waals surface area contributed by atoms with E-state index < -0.39 is 6.04 Å². The van der Waals surface area contributed by atoms with Gasteiger partial charge in [0.15, 0.2) is 0 Å². The number of anilines is 2. The Morgan fingerprint density at radius 1 is 1.06 bits per heavy atom. The number of methoxy groups -OCH3 is 1. The van der Waals surface area contributed by atoms with E-state index in [4.69, 9.17) is 9.47 Å². The first-order chi connectivity index (χ1) is 17.5. The fourth-order valence-corrected chi connectivity index (χ4v) is 4.09. The maximum Gasteiger partial charge on any atom is 0.255 e. The number of benzene rings is 3. The predicted molar refractivity (Wildman–Crippen MR) is 133 cm³/mol. The van der Waals surface area contributed by atoms with Crippen molar-refractivity contribution < 1.29 is 18.7 Å². The number of hydrogen-bond donors (Lipinski definition) is 2. The molecular weight excluding hydrogens is 461 g/mol. The third-order valence-electron chi connectivity index (χ3n) is 5.93. The molecule has 182 valence electrons. The van der Waals surface area contributed by atoms with Gasteiger partial charge in [0.25, 0.3) is 5.91 Å². The molecule has 1 unspecified atom stereocenters. The molecule has 0 fully saturated rings. The Morgan fingerprint density at radius 3 is 2.50 bits per heavy atom. The Kier molecular flexibility index (Phi) is 6.36. The van der Waals surface area contributed by atoms with Crippen molar-refractivity contribution in [3.63, 3.8) is 0 Å². The van der Waals surface area contributed by atoms with Gasteiger partial charge in [-0.05, 0) is 55.0 Å². The lowest BCUT2D eigenvalue weighted by atomic mass is 9.95. The second kappa shape index (κ2) is 9.91. The highest BCUT2D eigenvalue weighted by molar-refractivity contribution is 6.06. The van der Waals surface area contributed by atoms with Gasteiger partial charge in [0, 0.05) is 16.9 Å². The van der Waals surface area contributed by atoms with E-state index in [0.717, 1.165) is 5.56 Å². The molecule has 1 aromatic heterocycles. The van der Waals surface area contributed by atoms with Crippen molar-refractivity contribution in [3.05, 3.63) is 107 Å². The Morgan fingerprint density at radius 2 is 1.78 bits per heavy atom. The maximum absolute atomic E-state index is 13.9. The number of ether oxygens (including phenoxy) is 2. The van der Waals surface area contributed by atoms with Crippen molar-refractivity contribution in [2.24, 2.45) is 0 Å². The summed E-state index contributed by atoms with van der Waals surface area (Å²) in [5.41, 5.74) is 3.11. The highest BCUT2D eigenvalue weighted by atomic mass is 19.1. The van der Waals surface area contributed by atoms with Gasteiger partial charge in [-0.2, -0.15) is 10.1 Å². The third-order valence-corrected chi connectivity index (χ3v) is 5.93. The van der Waals surface area contributed by atoms with Gasteiger partial charge in [0.2, 0.25) is 5.95 Å². The molecule has 1 atom stereocenters. The van der Waals surface area contributed by atoms with Gasteiger partial charge in [0.1, 0.15) is 36.3 Å². The normalized spacial score (nSPS) is 14.6. The summed E-state index contributed by atoms with van der Waals surface area (Å²) in [5.74, 6) is 1.25. The largest absolute Gasteiger partial charge is 0.497 e. The number of carbonyl (C=O) groups is 1. The number of carbonyl (C=O) groups excluding carboxylic acids is 1. The van der Waals surface area contributed by atoms with Crippen LogP contribution in [0, 0.1) is 5.82 Å². The minimum absolute atomic E-state index is 0.112. The van der Waals surface area contributed by atoms with E-state index in [1.165, 1.54) is 12.4 Å². The number of hydrogen-bond acceptors (Lipinski definition) is 6. The number of allylic oxidation sites excluding steroid dienone is 1. The fraction of sp³-hybridized carbons (Fsp3) is 0.148. The molecule has 2 heterocycles. The molecule has 0 saturated heterocycles. The number of amides is 1. The van der Waals surface area contributed by atoms with E-state index >= 15 is 0 Å². The molecule has 9 heteroatoms. The molecule has 4 aromatic rings. The third kappa shape index (κ3) is 4.63. The second-order valence-corrected chi connectivity index (χ2v) is 8.23. The maximum atomic E-state index is 13.9. The molecule has 36 heavy (non-hydrogen) atoms. The average Bonchev–Trinajstić information content (AvgIpc) is 3.36. The Hall–Kier alpha value is -4.66. The number of aromatic nitrogens is 3. The van der Waals surface area contributed by atoms with Crippen LogP contribution >= 0.6 is 0 Å². The van der Waals surface area contributed by atoms with Crippen LogP contribution in [0.3, 0.4) is 0 Å². The van der Waals surface area contributed by atoms with Crippen molar-refractivity contribution in [1.29, 1.82) is 0 Å². The summed E-state index contributed by atoms with van der Waals surface area (Å²) in [7, 11) is 1.59. The van der Waals surface area contributed by atoms with Gasteiger partial charge < -0.3 is 20.1 Å². The Bertz CT molecular complexity index is 1410. The summed E-state index contributed by atoms with van der Waals surface area (Å²) in [4.78, 5) is 17.7. The molecule has 1 aliphatic rings. The van der Waals surface area contributed by atoms with Crippen LogP contribution in [-0.2, 0) is 11.4 Å². The zero-order valence-corrected chi connectivity index (χ0v) is 19.7. The van der Waals surface area contributed by atoms with E-state index in [-0.39, 0.29) is 18.3 Å². The van der Waals surface area contributed by atoms with E-state index in [9.17, 15) is 9.18 Å². The van der Waals surface area contributed by atoms with Crippen LogP contribution in [0.15, 0.2) is 90.4 Å². The van der Waals surface area contributed by atoms with Gasteiger partial charge >= 0.3 is 0 Å². The fourth-order valence-electron chi connectivity index (χ4n) is 4.09. The van der Waals surface area contributed by atoms with E-state index in [2.05, 4.69) is 20.7 Å². The molecule has 0 aliphatic carbocycles. The van der Waals surface area contributed by atoms with Crippen molar-refractivity contribution in [3.8, 4) is 11.5 Å². The number of halogens is 1. The summed E-state index contributed by atoms with van der Waals surface area (Å²) < 4.78 is 26.5. The highest BCUT2D eigenvalue weighted by Crippen LogP contribution is 2.36. The Balaban J connectivity index is 1.40. The lowest BCUT2D eigenvalue weighted by molar-refractivity contribution is -0.113. The molecule has 0 radical (unpaired) electrons. The minimum Gasteiger partial charge on any atom is -0.497 e. The SMILES string of the molecule is COc1ccc(NC(=O)C2=C(C)Nc3ncnn3C2c2ccc(OCc3ccccc3F)cc2)cc1. The summed E-state index contributed by atoms with van der Waals surface area (Å²) >= 11 is 0. The summed E-state index contributed by atoms with van der Waals surface area (Å²) in [5, 5.41) is 10.5. The van der Waals surface area contributed by atoms with Crippen LogP contribution in [0.25, 0.3) is 0 Å². The van der Waals surface area contributed by atoms with Crippen molar-refractivity contribution in [2.75, 3.05) is 17.7 Å². The molecule has 8 nitrogen and oxygen atoms in total. The standard InChI is InChI=1S/C27H24FN5O3/c1-17-24(26(34)32-20-9-13-21(35-2)14-10-20)25(33-27(31-17)29-16-30-33)18-7-11-22(12-8-18)36-15-19-5-3-4-6-23(19)28/h3-14,16,25H,15H2,1-2H3,(H,32,34)(H,29,30,31). The highest BCUT2D eigenvalue weighted by Gasteiger charge is 2.33. The molecular formula is C27H24FN5O3. The van der Waals surface area contributed by atoms with Crippen LogP contribution in [0.4, 0.5) is 16.0 Å². The van der Waals surface area contributed by atoms with Gasteiger partial charge in [-0.3, -0.25) is 4.79 Å². The first-order valence-electron chi connectivity index (χ1n) is 11.3. The first-order valence-corrected chi connectivity index (χ1v) is 11.3. The lowest BCUT2D eigenvalue weighted by Gasteiger charge is -2.28. The Labute approximate surface area is 207 Å². The molecule has 5 rings (SSSR count). The quantitative estimate of drug-likeness (QED) is 0.386. The summed E-state index contributed by atoms with van der Waals surface area (Å²) in [6.07, 6.45) is 1.44. The zero-order chi connectivity index (χ0) is 25.1. The lowest BCUT2D eigenvalue weighted by Crippen LogP contribution is -2.31. The van der Waals surface area contributed by atoms with Gasteiger partial charge in [-0.1, -0.05) is 30.3 Å². The molecule has 0 saturated carbocycles. The first kappa shape index (κ1) is 23.1. The smallest absolute Gasteiger partial charge is 0.255 e. The van der Waals surface area contributed by atoms with Crippen molar-refractivity contribution >= 4 is 17.5 Å². The zero-order valence-electron chi connectivity index (χ0n) is 19.7. The van der Waals surface area contributed by atoms with E-state index in [1.54, 1.807) is 66.4 Å². The summed E-state index contributed by atoms with van der Waals surface area (Å²) in [6.45, 7) is 1.95. The van der Waals surface area contributed by atoms with Crippen LogP contribution in [0.2, 0.25) is 0 Å². The topological polar surface area (TPSA) is 90.3 Å². The number of fused-ring (bicyclic) bond motifs is 1. The van der Waals surface area contributed by atoms with Crippen LogP contribution < -0.4 is 20.1 Å². The van der Waals surface area contributed by atoms with Crippen molar-refractivity contribution in [2.45, 2.75) is 19.6 Å². The van der Waals surface area contributed by atoms with Crippen LogP contribution in [-0.4, -0.2) is 27.8 Å². The summed E-state index contributed by atoms with van der Waals surface area (Å²) in [6, 6.07) is 20.4. The van der Waals surface area contributed by atoms with Gasteiger partial charge in [-0.15, -0.1) is 0 Å². The molecule has 3 aromatic carbocycles. The van der Waals surface area contributed by atoms with Crippen LogP contribution in [0.1, 0.15) is 24.1 Å². The molecule has 0 spiro atoms. The van der Waals surface area contributed by atoms with Crippen LogP contribution in [0.5, 0.6) is 11.5 Å². The minimum atomic E-state index is -0.511. The van der Waals surface area contributed by atoms with Gasteiger partial charge in [0.05, 0.1) is 12.7 Å². The number of nitrogens with one attached hydrogen (secondary N) is 2.